The Bertz CT molecular complexity index is 707. The lowest BCUT2D eigenvalue weighted by atomic mass is 10.1. The monoisotopic (exact) mass is 308 g/mol. The van der Waals surface area contributed by atoms with Crippen LogP contribution in [0.25, 0.3) is 0 Å². The van der Waals surface area contributed by atoms with E-state index in [0.717, 1.165) is 17.1 Å². The highest BCUT2D eigenvalue weighted by molar-refractivity contribution is 7.89. The first-order valence-corrected chi connectivity index (χ1v) is 8.23. The van der Waals surface area contributed by atoms with Crippen molar-refractivity contribution in [2.45, 2.75) is 31.3 Å². The van der Waals surface area contributed by atoms with Crippen molar-refractivity contribution in [2.75, 3.05) is 7.05 Å². The van der Waals surface area contributed by atoms with Gasteiger partial charge in [0.2, 0.25) is 10.0 Å². The number of hydrogen-bond acceptors (Lipinski definition) is 4. The molecule has 0 saturated carbocycles. The number of aryl methyl sites for hydroxylation is 1. The summed E-state index contributed by atoms with van der Waals surface area (Å²) in [6, 6.07) is 10.8. The third kappa shape index (κ3) is 3.93. The van der Waals surface area contributed by atoms with Gasteiger partial charge in [0.25, 0.3) is 0 Å². The van der Waals surface area contributed by atoms with E-state index in [2.05, 4.69) is 10.0 Å². The molecular weight excluding hydrogens is 288 g/mol. The molecule has 2 aromatic rings. The minimum atomic E-state index is -3.41. The molecule has 21 heavy (non-hydrogen) atoms. The number of furan rings is 1. The third-order valence-electron chi connectivity index (χ3n) is 3.32. The van der Waals surface area contributed by atoms with E-state index in [1.54, 1.807) is 18.2 Å². The molecule has 0 radical (unpaired) electrons. The Balaban J connectivity index is 2.09. The molecule has 0 fully saturated rings. The quantitative estimate of drug-likeness (QED) is 0.859. The van der Waals surface area contributed by atoms with Crippen LogP contribution in [0.4, 0.5) is 0 Å². The van der Waals surface area contributed by atoms with Crippen LogP contribution >= 0.6 is 0 Å². The van der Waals surface area contributed by atoms with Crippen LogP contribution in [0.3, 0.4) is 0 Å². The summed E-state index contributed by atoms with van der Waals surface area (Å²) in [6.45, 7) is 4.48. The molecule has 6 heteroatoms. The van der Waals surface area contributed by atoms with Crippen molar-refractivity contribution in [1.82, 2.24) is 10.0 Å². The summed E-state index contributed by atoms with van der Waals surface area (Å²) in [6.07, 6.45) is 0. The third-order valence-corrected chi connectivity index (χ3v) is 4.73. The number of rotatable bonds is 6. The zero-order chi connectivity index (χ0) is 15.5. The summed E-state index contributed by atoms with van der Waals surface area (Å²) >= 11 is 0. The van der Waals surface area contributed by atoms with Crippen LogP contribution in [0.1, 0.15) is 30.0 Å². The summed E-state index contributed by atoms with van der Waals surface area (Å²) < 4.78 is 31.4. The lowest BCUT2D eigenvalue weighted by Crippen LogP contribution is -2.20. The van der Waals surface area contributed by atoms with Gasteiger partial charge in [-0.1, -0.05) is 12.1 Å². The second-order valence-electron chi connectivity index (χ2n) is 4.89. The van der Waals surface area contributed by atoms with E-state index in [1.807, 2.05) is 32.0 Å². The van der Waals surface area contributed by atoms with Crippen LogP contribution in [-0.4, -0.2) is 15.5 Å². The van der Waals surface area contributed by atoms with Gasteiger partial charge in [-0.25, -0.2) is 13.1 Å². The Morgan fingerprint density at radius 1 is 1.24 bits per heavy atom. The summed E-state index contributed by atoms with van der Waals surface area (Å²) in [5.74, 6) is 1.74. The van der Waals surface area contributed by atoms with Gasteiger partial charge in [0.05, 0.1) is 11.4 Å². The molecule has 1 aromatic heterocycles. The second kappa shape index (κ2) is 6.43. The first-order chi connectivity index (χ1) is 9.92. The predicted molar refractivity (Wildman–Crippen MR) is 81.4 cm³/mol. The molecular formula is C15H20N2O3S. The largest absolute Gasteiger partial charge is 0.465 e. The Labute approximate surface area is 125 Å². The fourth-order valence-corrected chi connectivity index (χ4v) is 2.81. The molecule has 1 heterocycles. The molecule has 0 aliphatic rings. The Hall–Kier alpha value is -1.63. The van der Waals surface area contributed by atoms with E-state index in [9.17, 15) is 8.42 Å². The van der Waals surface area contributed by atoms with Crippen molar-refractivity contribution < 1.29 is 12.8 Å². The van der Waals surface area contributed by atoms with E-state index in [4.69, 9.17) is 4.42 Å². The molecule has 0 saturated heterocycles. The lowest BCUT2D eigenvalue weighted by molar-refractivity contribution is 0.444. The standard InChI is InChI=1S/C15H20N2O3S/c1-11-7-8-14(20-11)10-17-12(2)13-5-4-6-15(9-13)21(18,19)16-3/h4-9,12,16-17H,10H2,1-3H3/t12-/m0/s1. The van der Waals surface area contributed by atoms with Crippen LogP contribution in [0.5, 0.6) is 0 Å². The van der Waals surface area contributed by atoms with Gasteiger partial charge in [-0.2, -0.15) is 0 Å². The van der Waals surface area contributed by atoms with E-state index in [0.29, 0.717) is 6.54 Å². The average Bonchev–Trinajstić information content (AvgIpc) is 2.90. The highest BCUT2D eigenvalue weighted by Crippen LogP contribution is 2.18. The van der Waals surface area contributed by atoms with Crippen molar-refractivity contribution in [3.05, 3.63) is 53.5 Å². The molecule has 2 N–H and O–H groups in total. The van der Waals surface area contributed by atoms with E-state index in [1.165, 1.54) is 7.05 Å². The first-order valence-electron chi connectivity index (χ1n) is 6.74. The van der Waals surface area contributed by atoms with Gasteiger partial charge in [0, 0.05) is 6.04 Å². The van der Waals surface area contributed by atoms with Gasteiger partial charge in [-0.15, -0.1) is 0 Å². The van der Waals surface area contributed by atoms with Gasteiger partial charge in [-0.05, 0) is 50.7 Å². The number of nitrogens with one attached hydrogen (secondary N) is 2. The van der Waals surface area contributed by atoms with Crippen molar-refractivity contribution in [2.24, 2.45) is 0 Å². The molecule has 2 rings (SSSR count). The van der Waals surface area contributed by atoms with Gasteiger partial charge in [0.1, 0.15) is 11.5 Å². The van der Waals surface area contributed by atoms with Gasteiger partial charge < -0.3 is 9.73 Å². The summed E-state index contributed by atoms with van der Waals surface area (Å²) in [4.78, 5) is 0.269. The summed E-state index contributed by atoms with van der Waals surface area (Å²) in [7, 11) is -2.01. The molecule has 5 nitrogen and oxygen atoms in total. The summed E-state index contributed by atoms with van der Waals surface area (Å²) in [5, 5.41) is 3.32. The SMILES string of the molecule is CNS(=O)(=O)c1cccc([C@H](C)NCc2ccc(C)o2)c1. The zero-order valence-corrected chi connectivity index (χ0v) is 13.2. The van der Waals surface area contributed by atoms with Crippen molar-refractivity contribution >= 4 is 10.0 Å². The minimum Gasteiger partial charge on any atom is -0.465 e. The molecule has 1 atom stereocenters. The molecule has 114 valence electrons. The second-order valence-corrected chi connectivity index (χ2v) is 6.78. The molecule has 0 aliphatic carbocycles. The molecule has 0 unspecified atom stereocenters. The van der Waals surface area contributed by atoms with Gasteiger partial charge in [-0.3, -0.25) is 0 Å². The van der Waals surface area contributed by atoms with Crippen LogP contribution in [-0.2, 0) is 16.6 Å². The van der Waals surface area contributed by atoms with Crippen LogP contribution in [0, 0.1) is 6.92 Å². The van der Waals surface area contributed by atoms with Crippen LogP contribution in [0.2, 0.25) is 0 Å². The van der Waals surface area contributed by atoms with Crippen molar-refractivity contribution in [3.8, 4) is 0 Å². The average molecular weight is 308 g/mol. The fourth-order valence-electron chi connectivity index (χ4n) is 2.02. The lowest BCUT2D eigenvalue weighted by Gasteiger charge is -2.14. The molecule has 0 aliphatic heterocycles. The number of sulfonamides is 1. The first kappa shape index (κ1) is 15.8. The minimum absolute atomic E-state index is 0.0161. The van der Waals surface area contributed by atoms with E-state index >= 15 is 0 Å². The van der Waals surface area contributed by atoms with E-state index < -0.39 is 10.0 Å². The maximum atomic E-state index is 11.8. The van der Waals surface area contributed by atoms with E-state index in [-0.39, 0.29) is 10.9 Å². The Morgan fingerprint density at radius 2 is 2.00 bits per heavy atom. The van der Waals surface area contributed by atoms with Crippen LogP contribution in [0.15, 0.2) is 45.7 Å². The van der Waals surface area contributed by atoms with Crippen molar-refractivity contribution in [3.63, 3.8) is 0 Å². The number of hydrogen-bond donors (Lipinski definition) is 2. The molecule has 0 bridgehead atoms. The maximum absolute atomic E-state index is 11.8. The van der Waals surface area contributed by atoms with Gasteiger partial charge >= 0.3 is 0 Å². The normalized spacial score (nSPS) is 13.3. The highest BCUT2D eigenvalue weighted by atomic mass is 32.2. The Morgan fingerprint density at radius 3 is 2.62 bits per heavy atom. The van der Waals surface area contributed by atoms with Crippen LogP contribution < -0.4 is 10.0 Å². The molecule has 1 aromatic carbocycles. The molecule has 0 amide bonds. The van der Waals surface area contributed by atoms with Crippen molar-refractivity contribution in [1.29, 1.82) is 0 Å². The maximum Gasteiger partial charge on any atom is 0.240 e. The topological polar surface area (TPSA) is 71.3 Å². The molecule has 0 spiro atoms. The fraction of sp³-hybridized carbons (Fsp3) is 0.333. The summed E-state index contributed by atoms with van der Waals surface area (Å²) in [5.41, 5.74) is 0.912. The zero-order valence-electron chi connectivity index (χ0n) is 12.4. The highest BCUT2D eigenvalue weighted by Gasteiger charge is 2.13. The smallest absolute Gasteiger partial charge is 0.240 e. The van der Waals surface area contributed by atoms with Gasteiger partial charge in [0.15, 0.2) is 0 Å². The Kier molecular flexibility index (Phi) is 4.82. The number of benzene rings is 1. The predicted octanol–water partition coefficient (Wildman–Crippen LogP) is 2.35.